The van der Waals surface area contributed by atoms with Crippen LogP contribution in [0.25, 0.3) is 27.9 Å². The first kappa shape index (κ1) is 17.1. The number of aromatic amines is 1. The molecule has 3 aromatic heterocycles. The van der Waals surface area contributed by atoms with E-state index in [0.717, 1.165) is 27.5 Å². The Bertz CT molecular complexity index is 1170. The van der Waals surface area contributed by atoms with Crippen molar-refractivity contribution in [3.05, 3.63) is 35.1 Å². The first-order valence-corrected chi connectivity index (χ1v) is 9.59. The van der Waals surface area contributed by atoms with Gasteiger partial charge in [-0.1, -0.05) is 6.07 Å². The second-order valence-electron chi connectivity index (χ2n) is 6.42. The lowest BCUT2D eigenvalue weighted by Gasteiger charge is -2.17. The topological polar surface area (TPSA) is 125 Å². The molecule has 0 spiro atoms. The van der Waals surface area contributed by atoms with Gasteiger partial charge in [0, 0.05) is 35.7 Å². The number of anilines is 1. The molecule has 1 fully saturated rings. The van der Waals surface area contributed by atoms with E-state index in [2.05, 4.69) is 47.2 Å². The molecule has 0 radical (unpaired) electrons. The van der Waals surface area contributed by atoms with Crippen LogP contribution in [0.4, 0.5) is 5.95 Å². The predicted molar refractivity (Wildman–Crippen MR) is 107 cm³/mol. The molecule has 142 valence electrons. The highest BCUT2D eigenvalue weighted by molar-refractivity contribution is 9.10. The van der Waals surface area contributed by atoms with E-state index in [0.29, 0.717) is 30.5 Å². The molecule has 4 heterocycles. The second-order valence-corrected chi connectivity index (χ2v) is 7.28. The minimum absolute atomic E-state index is 0.0812. The third-order valence-corrected chi connectivity index (χ3v) is 5.22. The van der Waals surface area contributed by atoms with E-state index in [1.807, 2.05) is 18.2 Å². The number of hydrogen-bond acceptors (Lipinski definition) is 7. The Morgan fingerprint density at radius 2 is 2.18 bits per heavy atom. The van der Waals surface area contributed by atoms with E-state index in [9.17, 15) is 4.79 Å². The van der Waals surface area contributed by atoms with Gasteiger partial charge in [0.25, 0.3) is 0 Å². The van der Waals surface area contributed by atoms with Crippen LogP contribution in [0.2, 0.25) is 0 Å². The summed E-state index contributed by atoms with van der Waals surface area (Å²) in [7, 11) is 0. The van der Waals surface area contributed by atoms with Crippen LogP contribution in [-0.2, 0) is 4.79 Å². The number of H-pyrrole nitrogens is 1. The molecular formula is C17H16BrN9O. The number of carbonyl (C=O) groups is 1. The minimum Gasteiger partial charge on any atom is -0.353 e. The maximum absolute atomic E-state index is 12.4. The Morgan fingerprint density at radius 3 is 3.04 bits per heavy atom. The fraction of sp³-hybridized carbons (Fsp3) is 0.235. The van der Waals surface area contributed by atoms with Crippen LogP contribution in [0.1, 0.15) is 0 Å². The number of hydrogen-bond donors (Lipinski definition) is 4. The van der Waals surface area contributed by atoms with Crippen LogP contribution in [0.3, 0.4) is 0 Å². The van der Waals surface area contributed by atoms with Gasteiger partial charge in [-0.25, -0.2) is 9.97 Å². The maximum atomic E-state index is 12.4. The Labute approximate surface area is 167 Å². The van der Waals surface area contributed by atoms with Crippen molar-refractivity contribution in [1.29, 1.82) is 0 Å². The number of amides is 1. The molecule has 11 heteroatoms. The van der Waals surface area contributed by atoms with E-state index >= 15 is 0 Å². The minimum atomic E-state index is -0.472. The zero-order chi connectivity index (χ0) is 19.1. The molecule has 1 amide bonds. The lowest BCUT2D eigenvalue weighted by atomic mass is 10.2. The number of aromatic nitrogens is 6. The van der Waals surface area contributed by atoms with Gasteiger partial charge >= 0.3 is 0 Å². The summed E-state index contributed by atoms with van der Waals surface area (Å²) in [6.45, 7) is 1.81. The van der Waals surface area contributed by atoms with Gasteiger partial charge in [0.15, 0.2) is 11.5 Å². The molecule has 0 bridgehead atoms. The molecule has 5 rings (SSSR count). The average Bonchev–Trinajstić information content (AvgIpc) is 3.33. The van der Waals surface area contributed by atoms with Gasteiger partial charge in [0.05, 0.1) is 17.3 Å². The van der Waals surface area contributed by atoms with Gasteiger partial charge in [-0.05, 0) is 28.1 Å². The first-order chi connectivity index (χ1) is 13.7. The summed E-state index contributed by atoms with van der Waals surface area (Å²) in [5, 5.41) is 21.5. The Morgan fingerprint density at radius 1 is 1.25 bits per heavy atom. The molecule has 10 nitrogen and oxygen atoms in total. The van der Waals surface area contributed by atoms with Crippen molar-refractivity contribution in [2.45, 2.75) is 6.04 Å². The number of para-hydroxylation sites is 1. The van der Waals surface area contributed by atoms with E-state index in [4.69, 9.17) is 9.97 Å². The molecule has 1 saturated heterocycles. The number of halogens is 1. The lowest BCUT2D eigenvalue weighted by Crippen LogP contribution is -2.42. The number of fused-ring (bicyclic) bond motifs is 3. The van der Waals surface area contributed by atoms with Gasteiger partial charge in [0.2, 0.25) is 11.9 Å². The van der Waals surface area contributed by atoms with Crippen molar-refractivity contribution < 1.29 is 4.79 Å². The Balaban J connectivity index is 1.69. The number of carbonyl (C=O) groups excluding carboxylic acids is 1. The van der Waals surface area contributed by atoms with Gasteiger partial charge < -0.3 is 16.0 Å². The molecule has 4 N–H and O–H groups in total. The first-order valence-electron chi connectivity index (χ1n) is 8.80. The Hall–Kier alpha value is -3.05. The van der Waals surface area contributed by atoms with Crippen LogP contribution in [-0.4, -0.2) is 61.4 Å². The number of benzene rings is 1. The summed E-state index contributed by atoms with van der Waals surface area (Å²) < 4.78 is 2.47. The summed E-state index contributed by atoms with van der Waals surface area (Å²) in [6, 6.07) is 5.32. The predicted octanol–water partition coefficient (Wildman–Crippen LogP) is 0.930. The van der Waals surface area contributed by atoms with Crippen LogP contribution in [0.5, 0.6) is 0 Å². The molecule has 0 aliphatic carbocycles. The molecular weight excluding hydrogens is 426 g/mol. The highest BCUT2D eigenvalue weighted by Crippen LogP contribution is 2.28. The summed E-state index contributed by atoms with van der Waals surface area (Å²) >= 11 is 3.56. The van der Waals surface area contributed by atoms with Crippen LogP contribution >= 0.6 is 15.9 Å². The van der Waals surface area contributed by atoms with Crippen LogP contribution in [0, 0.1) is 0 Å². The molecule has 1 aromatic carbocycles. The molecule has 28 heavy (non-hydrogen) atoms. The summed E-state index contributed by atoms with van der Waals surface area (Å²) in [6.07, 6.45) is 3.39. The van der Waals surface area contributed by atoms with Crippen molar-refractivity contribution in [2.24, 2.45) is 0 Å². The van der Waals surface area contributed by atoms with Crippen LogP contribution < -0.4 is 16.0 Å². The largest absolute Gasteiger partial charge is 0.353 e. The van der Waals surface area contributed by atoms with E-state index in [1.54, 1.807) is 16.9 Å². The number of nitrogens with zero attached hydrogens (tertiary/aromatic N) is 5. The summed E-state index contributed by atoms with van der Waals surface area (Å²) in [4.78, 5) is 21.8. The highest BCUT2D eigenvalue weighted by atomic mass is 79.9. The lowest BCUT2D eigenvalue weighted by molar-refractivity contribution is -0.121. The second kappa shape index (κ2) is 6.84. The zero-order valence-electron chi connectivity index (χ0n) is 14.6. The third-order valence-electron chi connectivity index (χ3n) is 4.58. The summed E-state index contributed by atoms with van der Waals surface area (Å²) in [5.41, 5.74) is 2.16. The van der Waals surface area contributed by atoms with Gasteiger partial charge in [-0.15, -0.1) is 5.10 Å². The monoisotopic (exact) mass is 441 g/mol. The number of rotatable bonds is 3. The summed E-state index contributed by atoms with van der Waals surface area (Å²) in [5.74, 6) is 0.886. The fourth-order valence-corrected chi connectivity index (χ4v) is 3.65. The van der Waals surface area contributed by atoms with Crippen molar-refractivity contribution in [2.75, 3.05) is 25.0 Å². The molecule has 1 aliphatic rings. The van der Waals surface area contributed by atoms with Crippen molar-refractivity contribution in [1.82, 2.24) is 40.4 Å². The molecule has 1 aliphatic heterocycles. The van der Waals surface area contributed by atoms with Crippen LogP contribution in [0.15, 0.2) is 35.1 Å². The molecule has 1 atom stereocenters. The van der Waals surface area contributed by atoms with E-state index < -0.39 is 6.04 Å². The zero-order valence-corrected chi connectivity index (χ0v) is 16.2. The third kappa shape index (κ3) is 2.88. The quantitative estimate of drug-likeness (QED) is 0.372. The Kier molecular flexibility index (Phi) is 4.17. The van der Waals surface area contributed by atoms with Crippen molar-refractivity contribution >= 4 is 44.3 Å². The van der Waals surface area contributed by atoms with Gasteiger partial charge in [0.1, 0.15) is 6.04 Å². The standard InChI is InChI=1S/C17H16BrN9O/c18-11-3-1-2-10-13(11)24-17(23-12-8-19-4-5-20-16(12)28)27-15(10)25-14(26-27)9-6-21-22-7-9/h1-3,6-7,12,19H,4-5,8H2,(H,20,28)(H,21,22)(H,23,24)/t12-/m1/s1. The molecule has 4 aromatic rings. The van der Waals surface area contributed by atoms with Crippen molar-refractivity contribution in [3.8, 4) is 11.4 Å². The van der Waals surface area contributed by atoms with Gasteiger partial charge in [-0.2, -0.15) is 9.61 Å². The molecule has 0 unspecified atom stereocenters. The van der Waals surface area contributed by atoms with E-state index in [1.165, 1.54) is 0 Å². The SMILES string of the molecule is O=C1NCCNC[C@H]1Nc1nc2c(Br)cccc2c2nc(-c3cn[nH]c3)nn12. The normalized spacial score (nSPS) is 17.6. The fourth-order valence-electron chi connectivity index (χ4n) is 3.19. The maximum Gasteiger partial charge on any atom is 0.243 e. The van der Waals surface area contributed by atoms with Crippen molar-refractivity contribution in [3.63, 3.8) is 0 Å². The highest BCUT2D eigenvalue weighted by Gasteiger charge is 2.23. The van der Waals surface area contributed by atoms with E-state index in [-0.39, 0.29) is 5.91 Å². The average molecular weight is 442 g/mol. The van der Waals surface area contributed by atoms with Gasteiger partial charge in [-0.3, -0.25) is 9.89 Å². The molecule has 0 saturated carbocycles. The smallest absolute Gasteiger partial charge is 0.243 e. The number of nitrogens with one attached hydrogen (secondary N) is 4.